The monoisotopic (exact) mass is 290 g/mol. The van der Waals surface area contributed by atoms with E-state index < -0.39 is 6.04 Å². The smallest absolute Gasteiger partial charge is 0.245 e. The van der Waals surface area contributed by atoms with E-state index >= 15 is 0 Å². The molecule has 0 aromatic rings. The number of amides is 3. The molecule has 0 N–H and O–H groups in total. The fourth-order valence-corrected chi connectivity index (χ4v) is 4.17. The molecule has 1 saturated carbocycles. The van der Waals surface area contributed by atoms with Crippen LogP contribution in [0.1, 0.15) is 26.2 Å². The van der Waals surface area contributed by atoms with Gasteiger partial charge in [-0.05, 0) is 31.1 Å². The summed E-state index contributed by atoms with van der Waals surface area (Å²) in [5, 5.41) is 0. The molecule has 3 aliphatic carbocycles. The molecule has 1 aliphatic heterocycles. The summed E-state index contributed by atoms with van der Waals surface area (Å²) < 4.78 is 0. The van der Waals surface area contributed by atoms with E-state index in [0.717, 1.165) is 12.8 Å². The maximum absolute atomic E-state index is 12.8. The van der Waals surface area contributed by atoms with Crippen molar-refractivity contribution in [2.45, 2.75) is 32.2 Å². The van der Waals surface area contributed by atoms with Gasteiger partial charge in [0.15, 0.2) is 0 Å². The van der Waals surface area contributed by atoms with Gasteiger partial charge in [-0.25, -0.2) is 0 Å². The van der Waals surface area contributed by atoms with Gasteiger partial charge < -0.3 is 4.90 Å². The summed E-state index contributed by atoms with van der Waals surface area (Å²) in [6.07, 6.45) is 6.62. The van der Waals surface area contributed by atoms with Crippen molar-refractivity contribution in [3.63, 3.8) is 0 Å². The highest BCUT2D eigenvalue weighted by atomic mass is 16.2. The molecule has 114 valence electrons. The molecule has 1 saturated heterocycles. The van der Waals surface area contributed by atoms with Gasteiger partial charge in [-0.3, -0.25) is 19.3 Å². The van der Waals surface area contributed by atoms with E-state index in [2.05, 4.69) is 12.2 Å². The van der Waals surface area contributed by atoms with Crippen LogP contribution in [0.4, 0.5) is 0 Å². The summed E-state index contributed by atoms with van der Waals surface area (Å²) in [5.41, 5.74) is 0. The predicted octanol–water partition coefficient (Wildman–Crippen LogP) is 1.05. The number of hydrogen-bond acceptors (Lipinski definition) is 3. The molecule has 0 spiro atoms. The normalized spacial score (nSPS) is 35.1. The van der Waals surface area contributed by atoms with E-state index in [1.54, 1.807) is 14.1 Å². The van der Waals surface area contributed by atoms with Crippen LogP contribution in [-0.4, -0.2) is 47.7 Å². The Labute approximate surface area is 125 Å². The summed E-state index contributed by atoms with van der Waals surface area (Å²) in [4.78, 5) is 40.6. The van der Waals surface area contributed by atoms with Crippen LogP contribution in [0.15, 0.2) is 12.2 Å². The van der Waals surface area contributed by atoms with Crippen molar-refractivity contribution in [3.05, 3.63) is 12.2 Å². The Balaban J connectivity index is 1.93. The molecule has 2 bridgehead atoms. The van der Waals surface area contributed by atoms with Crippen molar-refractivity contribution in [3.8, 4) is 0 Å². The number of hydrogen-bond donors (Lipinski definition) is 0. The highest BCUT2D eigenvalue weighted by Gasteiger charge is 2.58. The Morgan fingerprint density at radius 2 is 1.67 bits per heavy atom. The molecular formula is C16H22N2O3. The van der Waals surface area contributed by atoms with E-state index in [0.29, 0.717) is 6.42 Å². The number of carbonyl (C=O) groups excluding carboxylic acids is 3. The number of likely N-dealkylation sites (tertiary alicyclic amines) is 1. The van der Waals surface area contributed by atoms with Gasteiger partial charge in [0, 0.05) is 14.1 Å². The first kappa shape index (κ1) is 14.3. The van der Waals surface area contributed by atoms with Gasteiger partial charge in [0.05, 0.1) is 11.8 Å². The molecule has 5 heteroatoms. The standard InChI is InChI=1S/C16H22N2O3/c1-4-11(14(19)17(2)3)18-15(20)12-9-5-6-10(8-7-9)13(12)16(18)21/h5-6,9-13H,4,7-8H2,1-3H3/t9-,10-,11-,12-,13+/m0/s1. The van der Waals surface area contributed by atoms with Gasteiger partial charge in [-0.2, -0.15) is 0 Å². The topological polar surface area (TPSA) is 57.7 Å². The van der Waals surface area contributed by atoms with Gasteiger partial charge in [-0.1, -0.05) is 19.1 Å². The average Bonchev–Trinajstić information content (AvgIpc) is 2.76. The van der Waals surface area contributed by atoms with Crippen LogP contribution in [-0.2, 0) is 14.4 Å². The fourth-order valence-electron chi connectivity index (χ4n) is 4.17. The number of likely N-dealkylation sites (N-methyl/N-ethyl adjacent to an activating group) is 1. The van der Waals surface area contributed by atoms with Gasteiger partial charge in [0.2, 0.25) is 17.7 Å². The highest BCUT2D eigenvalue weighted by Crippen LogP contribution is 2.50. The lowest BCUT2D eigenvalue weighted by atomic mass is 9.63. The number of carbonyl (C=O) groups is 3. The molecular weight excluding hydrogens is 268 g/mol. The van der Waals surface area contributed by atoms with Crippen LogP contribution in [0.3, 0.4) is 0 Å². The van der Waals surface area contributed by atoms with Crippen molar-refractivity contribution >= 4 is 17.7 Å². The Bertz CT molecular complexity index is 494. The minimum atomic E-state index is -0.648. The third-order valence-corrected chi connectivity index (χ3v) is 5.22. The SMILES string of the molecule is CC[C@@H](C(=O)N(C)C)N1C(=O)[C@@H]2[C@H](C1=O)[C@H]1C=C[C@H]2CC1. The molecule has 3 amide bonds. The van der Waals surface area contributed by atoms with E-state index in [1.807, 2.05) is 6.92 Å². The first-order valence-electron chi connectivity index (χ1n) is 7.73. The first-order valence-corrected chi connectivity index (χ1v) is 7.73. The molecule has 0 aromatic heterocycles. The third-order valence-electron chi connectivity index (χ3n) is 5.22. The summed E-state index contributed by atoms with van der Waals surface area (Å²) in [6.45, 7) is 1.85. The maximum atomic E-state index is 12.8. The molecule has 5 nitrogen and oxygen atoms in total. The van der Waals surface area contributed by atoms with E-state index in [-0.39, 0.29) is 41.4 Å². The molecule has 21 heavy (non-hydrogen) atoms. The number of allylic oxidation sites excluding steroid dienone is 2. The lowest BCUT2D eigenvalue weighted by molar-refractivity contribution is -0.150. The van der Waals surface area contributed by atoms with Crippen LogP contribution in [0.2, 0.25) is 0 Å². The second-order valence-corrected chi connectivity index (χ2v) is 6.54. The summed E-state index contributed by atoms with van der Waals surface area (Å²) in [6, 6.07) is -0.648. The fraction of sp³-hybridized carbons (Fsp3) is 0.688. The Hall–Kier alpha value is -1.65. The second-order valence-electron chi connectivity index (χ2n) is 6.54. The lowest BCUT2D eigenvalue weighted by Crippen LogP contribution is -2.49. The molecule has 5 atom stereocenters. The van der Waals surface area contributed by atoms with Crippen molar-refractivity contribution in [2.75, 3.05) is 14.1 Å². The van der Waals surface area contributed by atoms with E-state index in [4.69, 9.17) is 0 Å². The summed E-state index contributed by atoms with van der Waals surface area (Å²) >= 11 is 0. The lowest BCUT2D eigenvalue weighted by Gasteiger charge is -2.38. The molecule has 0 aromatic carbocycles. The van der Waals surface area contributed by atoms with E-state index in [9.17, 15) is 14.4 Å². The maximum Gasteiger partial charge on any atom is 0.245 e. The Morgan fingerprint density at radius 1 is 1.19 bits per heavy atom. The van der Waals surface area contributed by atoms with Crippen LogP contribution in [0, 0.1) is 23.7 Å². The van der Waals surface area contributed by atoms with Gasteiger partial charge in [0.25, 0.3) is 0 Å². The van der Waals surface area contributed by atoms with Crippen LogP contribution < -0.4 is 0 Å². The molecule has 4 aliphatic rings. The zero-order valence-electron chi connectivity index (χ0n) is 12.8. The molecule has 1 heterocycles. The molecule has 0 radical (unpaired) electrons. The largest absolute Gasteiger partial charge is 0.347 e. The minimum Gasteiger partial charge on any atom is -0.347 e. The van der Waals surface area contributed by atoms with Gasteiger partial charge in [0.1, 0.15) is 6.04 Å². The van der Waals surface area contributed by atoms with Gasteiger partial charge in [-0.15, -0.1) is 0 Å². The van der Waals surface area contributed by atoms with Crippen molar-refractivity contribution in [1.82, 2.24) is 9.80 Å². The molecule has 4 rings (SSSR count). The Kier molecular flexibility index (Phi) is 3.38. The zero-order chi connectivity index (χ0) is 15.3. The third kappa shape index (κ3) is 1.93. The number of rotatable bonds is 3. The number of imide groups is 1. The van der Waals surface area contributed by atoms with E-state index in [1.165, 1.54) is 9.80 Å². The predicted molar refractivity (Wildman–Crippen MR) is 77.0 cm³/mol. The average molecular weight is 290 g/mol. The molecule has 2 fully saturated rings. The van der Waals surface area contributed by atoms with Crippen molar-refractivity contribution in [1.29, 1.82) is 0 Å². The minimum absolute atomic E-state index is 0.133. The highest BCUT2D eigenvalue weighted by molar-refractivity contribution is 6.09. The van der Waals surface area contributed by atoms with Crippen molar-refractivity contribution < 1.29 is 14.4 Å². The van der Waals surface area contributed by atoms with Gasteiger partial charge >= 0.3 is 0 Å². The first-order chi connectivity index (χ1) is 9.97. The number of fused-ring (bicyclic) bond motifs is 1. The second kappa shape index (κ2) is 4.97. The summed E-state index contributed by atoms with van der Waals surface area (Å²) in [7, 11) is 3.32. The zero-order valence-corrected chi connectivity index (χ0v) is 12.8. The summed E-state index contributed by atoms with van der Waals surface area (Å²) in [5.74, 6) is -0.548. The van der Waals surface area contributed by atoms with Crippen molar-refractivity contribution in [2.24, 2.45) is 23.7 Å². The Morgan fingerprint density at radius 3 is 2.00 bits per heavy atom. The molecule has 0 unspecified atom stereocenters. The van der Waals surface area contributed by atoms with Crippen LogP contribution in [0.25, 0.3) is 0 Å². The quantitative estimate of drug-likeness (QED) is 0.576. The number of nitrogens with zero attached hydrogens (tertiary/aromatic N) is 2. The van der Waals surface area contributed by atoms with Crippen LogP contribution in [0.5, 0.6) is 0 Å². The van der Waals surface area contributed by atoms with Crippen LogP contribution >= 0.6 is 0 Å².